The minimum absolute atomic E-state index is 0.370. The van der Waals surface area contributed by atoms with Gasteiger partial charge in [0.25, 0.3) is 0 Å². The molecule has 2 aliphatic rings. The largest absolute Gasteiger partial charge is 0.390 e. The molecule has 0 unspecified atom stereocenters. The van der Waals surface area contributed by atoms with E-state index in [1.165, 1.54) is 0 Å². The van der Waals surface area contributed by atoms with Crippen LogP contribution in [0.2, 0.25) is 0 Å². The van der Waals surface area contributed by atoms with Crippen molar-refractivity contribution in [2.45, 2.75) is 56.7 Å². The fourth-order valence-corrected chi connectivity index (χ4v) is 3.06. The minimum atomic E-state index is -0.420. The van der Waals surface area contributed by atoms with Crippen LogP contribution in [0.25, 0.3) is 0 Å². The van der Waals surface area contributed by atoms with Crippen LogP contribution in [-0.2, 0) is 9.47 Å². The van der Waals surface area contributed by atoms with Gasteiger partial charge in [-0.05, 0) is 50.9 Å². The number of methoxy groups -OCH3 is 1. The monoisotopic (exact) mass is 228 g/mol. The predicted octanol–water partition coefficient (Wildman–Crippen LogP) is 2.12. The Kier molecular flexibility index (Phi) is 4.22. The summed E-state index contributed by atoms with van der Waals surface area (Å²) >= 11 is 0. The van der Waals surface area contributed by atoms with Crippen LogP contribution in [0.15, 0.2) is 0 Å². The third kappa shape index (κ3) is 3.19. The standard InChI is InChI=1S/C13H24O3/c1-15-12-2-6-13(14,7-3-12)10-11-4-8-16-9-5-11/h11-12,14H,2-10H2,1H3. The summed E-state index contributed by atoms with van der Waals surface area (Å²) in [6, 6.07) is 0. The van der Waals surface area contributed by atoms with Gasteiger partial charge in [-0.15, -0.1) is 0 Å². The molecule has 3 nitrogen and oxygen atoms in total. The summed E-state index contributed by atoms with van der Waals surface area (Å²) in [5.74, 6) is 0.665. The Morgan fingerprint density at radius 3 is 2.38 bits per heavy atom. The Morgan fingerprint density at radius 1 is 1.19 bits per heavy atom. The molecule has 0 bridgehead atoms. The van der Waals surface area contributed by atoms with E-state index < -0.39 is 5.60 Å². The van der Waals surface area contributed by atoms with E-state index >= 15 is 0 Å². The average molecular weight is 228 g/mol. The molecular weight excluding hydrogens is 204 g/mol. The smallest absolute Gasteiger partial charge is 0.0652 e. The molecule has 16 heavy (non-hydrogen) atoms. The lowest BCUT2D eigenvalue weighted by molar-refractivity contribution is -0.0663. The van der Waals surface area contributed by atoms with Gasteiger partial charge >= 0.3 is 0 Å². The Morgan fingerprint density at radius 2 is 1.81 bits per heavy atom. The Hall–Kier alpha value is -0.120. The van der Waals surface area contributed by atoms with Crippen LogP contribution in [0.4, 0.5) is 0 Å². The van der Waals surface area contributed by atoms with E-state index in [1.807, 2.05) is 0 Å². The van der Waals surface area contributed by atoms with Gasteiger partial charge in [-0.2, -0.15) is 0 Å². The van der Waals surface area contributed by atoms with Crippen molar-refractivity contribution in [2.24, 2.45) is 5.92 Å². The second kappa shape index (κ2) is 5.48. The van der Waals surface area contributed by atoms with Crippen molar-refractivity contribution >= 4 is 0 Å². The highest BCUT2D eigenvalue weighted by Crippen LogP contribution is 2.36. The van der Waals surface area contributed by atoms with Crippen LogP contribution in [0.5, 0.6) is 0 Å². The van der Waals surface area contributed by atoms with E-state index in [1.54, 1.807) is 7.11 Å². The van der Waals surface area contributed by atoms with Crippen molar-refractivity contribution in [1.29, 1.82) is 0 Å². The van der Waals surface area contributed by atoms with Gasteiger partial charge in [0.1, 0.15) is 0 Å². The summed E-state index contributed by atoms with van der Waals surface area (Å²) in [5.41, 5.74) is -0.420. The third-order valence-electron chi connectivity index (χ3n) is 4.21. The van der Waals surface area contributed by atoms with Crippen molar-refractivity contribution in [2.75, 3.05) is 20.3 Å². The summed E-state index contributed by atoms with van der Waals surface area (Å²) in [6.07, 6.45) is 7.41. The Bertz CT molecular complexity index is 203. The van der Waals surface area contributed by atoms with Crippen LogP contribution in [0.1, 0.15) is 44.9 Å². The molecular formula is C13H24O3. The molecule has 0 atom stereocenters. The zero-order valence-corrected chi connectivity index (χ0v) is 10.3. The van der Waals surface area contributed by atoms with Crippen LogP contribution in [-0.4, -0.2) is 37.1 Å². The molecule has 2 fully saturated rings. The minimum Gasteiger partial charge on any atom is -0.390 e. The maximum Gasteiger partial charge on any atom is 0.0652 e. The van der Waals surface area contributed by atoms with Crippen molar-refractivity contribution in [1.82, 2.24) is 0 Å². The molecule has 1 saturated carbocycles. The van der Waals surface area contributed by atoms with E-state index in [0.29, 0.717) is 12.0 Å². The normalized spacial score (nSPS) is 37.5. The summed E-state index contributed by atoms with van der Waals surface area (Å²) in [6.45, 7) is 1.75. The molecule has 1 aliphatic carbocycles. The van der Waals surface area contributed by atoms with Gasteiger partial charge in [0.05, 0.1) is 11.7 Å². The molecule has 2 rings (SSSR count). The zero-order valence-electron chi connectivity index (χ0n) is 10.3. The van der Waals surface area contributed by atoms with Crippen molar-refractivity contribution in [3.8, 4) is 0 Å². The second-order valence-electron chi connectivity index (χ2n) is 5.42. The highest BCUT2D eigenvalue weighted by molar-refractivity contribution is 4.88. The van der Waals surface area contributed by atoms with Crippen molar-refractivity contribution < 1.29 is 14.6 Å². The first kappa shape index (κ1) is 12.3. The summed E-state index contributed by atoms with van der Waals surface area (Å²) in [5, 5.41) is 10.5. The van der Waals surface area contributed by atoms with Crippen LogP contribution in [0.3, 0.4) is 0 Å². The molecule has 0 aromatic rings. The summed E-state index contributed by atoms with van der Waals surface area (Å²) in [7, 11) is 1.77. The number of ether oxygens (including phenoxy) is 2. The molecule has 0 aromatic heterocycles. The lowest BCUT2D eigenvalue weighted by Gasteiger charge is -2.38. The summed E-state index contributed by atoms with van der Waals surface area (Å²) < 4.78 is 10.7. The van der Waals surface area contributed by atoms with Gasteiger partial charge in [-0.3, -0.25) is 0 Å². The second-order valence-corrected chi connectivity index (χ2v) is 5.42. The number of aliphatic hydroxyl groups is 1. The van der Waals surface area contributed by atoms with Gasteiger partial charge in [-0.25, -0.2) is 0 Å². The van der Waals surface area contributed by atoms with Gasteiger partial charge in [0.2, 0.25) is 0 Å². The SMILES string of the molecule is COC1CCC(O)(CC2CCOCC2)CC1. The lowest BCUT2D eigenvalue weighted by Crippen LogP contribution is -2.39. The topological polar surface area (TPSA) is 38.7 Å². The lowest BCUT2D eigenvalue weighted by atomic mass is 9.76. The van der Waals surface area contributed by atoms with E-state index in [0.717, 1.165) is 58.2 Å². The number of rotatable bonds is 3. The molecule has 1 heterocycles. The Balaban J connectivity index is 1.79. The molecule has 1 saturated heterocycles. The highest BCUT2D eigenvalue weighted by atomic mass is 16.5. The first-order valence-corrected chi connectivity index (χ1v) is 6.55. The molecule has 0 amide bonds. The van der Waals surface area contributed by atoms with Gasteiger partial charge in [0.15, 0.2) is 0 Å². The molecule has 0 aromatic carbocycles. The number of hydrogen-bond acceptors (Lipinski definition) is 3. The van der Waals surface area contributed by atoms with E-state index in [-0.39, 0.29) is 0 Å². The van der Waals surface area contributed by atoms with Crippen LogP contribution < -0.4 is 0 Å². The first-order chi connectivity index (χ1) is 7.72. The maximum atomic E-state index is 10.5. The molecule has 94 valence electrons. The molecule has 1 N–H and O–H groups in total. The molecule has 0 spiro atoms. The van der Waals surface area contributed by atoms with Gasteiger partial charge in [0, 0.05) is 20.3 Å². The number of hydrogen-bond donors (Lipinski definition) is 1. The fraction of sp³-hybridized carbons (Fsp3) is 1.00. The van der Waals surface area contributed by atoms with Crippen molar-refractivity contribution in [3.05, 3.63) is 0 Å². The highest BCUT2D eigenvalue weighted by Gasteiger charge is 2.35. The molecule has 1 aliphatic heterocycles. The van der Waals surface area contributed by atoms with Gasteiger partial charge < -0.3 is 14.6 Å². The first-order valence-electron chi connectivity index (χ1n) is 6.55. The van der Waals surface area contributed by atoms with Crippen molar-refractivity contribution in [3.63, 3.8) is 0 Å². The maximum absolute atomic E-state index is 10.5. The zero-order chi connectivity index (χ0) is 11.4. The van der Waals surface area contributed by atoms with E-state index in [4.69, 9.17) is 9.47 Å². The fourth-order valence-electron chi connectivity index (χ4n) is 3.06. The third-order valence-corrected chi connectivity index (χ3v) is 4.21. The van der Waals surface area contributed by atoms with E-state index in [2.05, 4.69) is 0 Å². The van der Waals surface area contributed by atoms with Crippen LogP contribution >= 0.6 is 0 Å². The average Bonchev–Trinajstić information content (AvgIpc) is 2.31. The van der Waals surface area contributed by atoms with Gasteiger partial charge in [-0.1, -0.05) is 0 Å². The predicted molar refractivity (Wildman–Crippen MR) is 62.4 cm³/mol. The van der Waals surface area contributed by atoms with Crippen LogP contribution in [0, 0.1) is 5.92 Å². The van der Waals surface area contributed by atoms with E-state index in [9.17, 15) is 5.11 Å². The molecule has 0 radical (unpaired) electrons. The quantitative estimate of drug-likeness (QED) is 0.804. The molecule has 3 heteroatoms. The Labute approximate surface area is 98.1 Å². The summed E-state index contributed by atoms with van der Waals surface area (Å²) in [4.78, 5) is 0.